The maximum absolute atomic E-state index is 14.8. The van der Waals surface area contributed by atoms with E-state index in [1.807, 2.05) is 0 Å². The Labute approximate surface area is 178 Å². The molecule has 0 unspecified atom stereocenters. The normalized spacial score (nSPS) is 14.9. The summed E-state index contributed by atoms with van der Waals surface area (Å²) in [6.07, 6.45) is -3.05. The Balaban J connectivity index is 1.60. The fraction of sp³-hybridized carbons (Fsp3) is 0.227. The lowest BCUT2D eigenvalue weighted by molar-refractivity contribution is -0.168. The van der Waals surface area contributed by atoms with E-state index in [-0.39, 0.29) is 29.8 Å². The molecule has 2 heterocycles. The summed E-state index contributed by atoms with van der Waals surface area (Å²) < 4.78 is 69.7. The maximum atomic E-state index is 14.8. The fourth-order valence-electron chi connectivity index (χ4n) is 3.53. The van der Waals surface area contributed by atoms with Gasteiger partial charge in [0, 0.05) is 18.3 Å². The molecule has 5 rings (SSSR count). The Bertz CT molecular complexity index is 1430. The summed E-state index contributed by atoms with van der Waals surface area (Å²) in [5.74, 6) is 3.11. The van der Waals surface area contributed by atoms with Gasteiger partial charge in [0.2, 0.25) is 0 Å². The number of rotatable bonds is 2. The Morgan fingerprint density at radius 3 is 2.62 bits per heavy atom. The SMILES string of the molecule is CN(c1cccc(C#CC2(C(F)(F)F)CC2)c1)c1nc2nncn2c2ccc(F)c(F)c12. The Hall–Kier alpha value is -3.74. The molecular formula is C22H14F5N5. The van der Waals surface area contributed by atoms with E-state index in [0.29, 0.717) is 16.8 Å². The number of halogens is 5. The number of alkyl halides is 3. The summed E-state index contributed by atoms with van der Waals surface area (Å²) in [5.41, 5.74) is -0.775. The quantitative estimate of drug-likeness (QED) is 0.323. The molecule has 1 aliphatic rings. The number of anilines is 2. The van der Waals surface area contributed by atoms with Crippen LogP contribution in [-0.4, -0.2) is 32.8 Å². The average Bonchev–Trinajstić information content (AvgIpc) is 3.43. The van der Waals surface area contributed by atoms with Crippen molar-refractivity contribution in [3.63, 3.8) is 0 Å². The lowest BCUT2D eigenvalue weighted by atomic mass is 10.1. The molecule has 32 heavy (non-hydrogen) atoms. The Kier molecular flexibility index (Phi) is 4.34. The van der Waals surface area contributed by atoms with Crippen LogP contribution in [0, 0.1) is 28.9 Å². The standard InChI is InChI=1S/C22H14F5N5/c1-31(14-4-2-3-13(11-14)7-8-21(9-10-21)22(25,26)27)19-17-16(6-5-15(23)18(17)24)32-12-28-30-20(32)29-19/h2-6,11-12H,9-10H2,1H3. The number of benzene rings is 2. The molecule has 0 radical (unpaired) electrons. The van der Waals surface area contributed by atoms with Gasteiger partial charge in [-0.15, -0.1) is 10.2 Å². The van der Waals surface area contributed by atoms with Crippen molar-refractivity contribution >= 4 is 28.2 Å². The topological polar surface area (TPSA) is 46.3 Å². The van der Waals surface area contributed by atoms with Crippen LogP contribution in [0.4, 0.5) is 33.5 Å². The van der Waals surface area contributed by atoms with Gasteiger partial charge in [-0.2, -0.15) is 18.2 Å². The van der Waals surface area contributed by atoms with Crippen LogP contribution in [-0.2, 0) is 0 Å². The molecule has 0 atom stereocenters. The molecule has 4 aromatic rings. The first-order valence-electron chi connectivity index (χ1n) is 9.61. The Morgan fingerprint density at radius 2 is 1.91 bits per heavy atom. The lowest BCUT2D eigenvalue weighted by Gasteiger charge is -2.21. The zero-order valence-corrected chi connectivity index (χ0v) is 16.6. The predicted molar refractivity (Wildman–Crippen MR) is 107 cm³/mol. The fourth-order valence-corrected chi connectivity index (χ4v) is 3.53. The van der Waals surface area contributed by atoms with Crippen molar-refractivity contribution in [3.8, 4) is 11.8 Å². The summed E-state index contributed by atoms with van der Waals surface area (Å²) >= 11 is 0. The number of nitrogens with zero attached hydrogens (tertiary/aromatic N) is 5. The summed E-state index contributed by atoms with van der Waals surface area (Å²) in [6.45, 7) is 0. The van der Waals surface area contributed by atoms with Crippen molar-refractivity contribution in [3.05, 3.63) is 59.9 Å². The van der Waals surface area contributed by atoms with E-state index in [1.165, 1.54) is 21.7 Å². The van der Waals surface area contributed by atoms with E-state index < -0.39 is 23.2 Å². The van der Waals surface area contributed by atoms with Crippen molar-refractivity contribution in [1.82, 2.24) is 19.6 Å². The molecule has 5 nitrogen and oxygen atoms in total. The molecule has 0 spiro atoms. The van der Waals surface area contributed by atoms with E-state index in [4.69, 9.17) is 0 Å². The maximum Gasteiger partial charge on any atom is 0.405 e. The summed E-state index contributed by atoms with van der Waals surface area (Å²) in [5, 5.41) is 7.58. The highest BCUT2D eigenvalue weighted by molar-refractivity contribution is 5.94. The van der Waals surface area contributed by atoms with Gasteiger partial charge in [-0.3, -0.25) is 4.40 Å². The van der Waals surface area contributed by atoms with Gasteiger partial charge < -0.3 is 4.90 Å². The van der Waals surface area contributed by atoms with Crippen molar-refractivity contribution in [2.45, 2.75) is 19.0 Å². The molecular weight excluding hydrogens is 429 g/mol. The van der Waals surface area contributed by atoms with Crippen LogP contribution < -0.4 is 4.90 Å². The van der Waals surface area contributed by atoms with Gasteiger partial charge in [-0.25, -0.2) is 8.78 Å². The Morgan fingerprint density at radius 1 is 1.12 bits per heavy atom. The minimum absolute atomic E-state index is 0.0117. The third-order valence-corrected chi connectivity index (χ3v) is 5.58. The number of hydrogen-bond acceptors (Lipinski definition) is 4. The van der Waals surface area contributed by atoms with Crippen LogP contribution in [0.3, 0.4) is 0 Å². The zero-order chi connectivity index (χ0) is 22.7. The van der Waals surface area contributed by atoms with Crippen LogP contribution in [0.15, 0.2) is 42.7 Å². The minimum Gasteiger partial charge on any atom is -0.329 e. The van der Waals surface area contributed by atoms with E-state index >= 15 is 0 Å². The van der Waals surface area contributed by atoms with Crippen molar-refractivity contribution < 1.29 is 22.0 Å². The van der Waals surface area contributed by atoms with Crippen LogP contribution in [0.1, 0.15) is 18.4 Å². The van der Waals surface area contributed by atoms with E-state index in [1.54, 1.807) is 31.3 Å². The molecule has 0 saturated heterocycles. The van der Waals surface area contributed by atoms with Crippen LogP contribution in [0.5, 0.6) is 0 Å². The van der Waals surface area contributed by atoms with Crippen molar-refractivity contribution in [2.24, 2.45) is 5.41 Å². The minimum atomic E-state index is -4.37. The molecule has 10 heteroatoms. The van der Waals surface area contributed by atoms with Crippen LogP contribution in [0.2, 0.25) is 0 Å². The first-order chi connectivity index (χ1) is 15.2. The second-order valence-electron chi connectivity index (χ2n) is 7.63. The molecule has 162 valence electrons. The second-order valence-corrected chi connectivity index (χ2v) is 7.63. The van der Waals surface area contributed by atoms with Crippen molar-refractivity contribution in [2.75, 3.05) is 11.9 Å². The monoisotopic (exact) mass is 443 g/mol. The molecule has 1 aliphatic carbocycles. The number of hydrogen-bond donors (Lipinski definition) is 0. The van der Waals surface area contributed by atoms with Gasteiger partial charge in [-0.1, -0.05) is 17.9 Å². The van der Waals surface area contributed by atoms with E-state index in [2.05, 4.69) is 27.0 Å². The highest BCUT2D eigenvalue weighted by Crippen LogP contribution is 2.57. The number of fused-ring (bicyclic) bond motifs is 3. The molecule has 0 aliphatic heterocycles. The van der Waals surface area contributed by atoms with Gasteiger partial charge in [0.15, 0.2) is 11.6 Å². The zero-order valence-electron chi connectivity index (χ0n) is 16.6. The largest absolute Gasteiger partial charge is 0.405 e. The molecule has 0 N–H and O–H groups in total. The van der Waals surface area contributed by atoms with Crippen LogP contribution >= 0.6 is 0 Å². The molecule has 0 bridgehead atoms. The highest BCUT2D eigenvalue weighted by Gasteiger charge is 2.62. The van der Waals surface area contributed by atoms with Crippen molar-refractivity contribution in [1.29, 1.82) is 0 Å². The highest BCUT2D eigenvalue weighted by atomic mass is 19.4. The van der Waals surface area contributed by atoms with E-state index in [9.17, 15) is 22.0 Å². The lowest BCUT2D eigenvalue weighted by Crippen LogP contribution is -2.22. The third-order valence-electron chi connectivity index (χ3n) is 5.58. The van der Waals surface area contributed by atoms with Gasteiger partial charge in [0.25, 0.3) is 5.78 Å². The summed E-state index contributed by atoms with van der Waals surface area (Å²) in [7, 11) is 1.59. The third kappa shape index (κ3) is 3.12. The second kappa shape index (κ2) is 6.88. The molecule has 0 amide bonds. The number of aromatic nitrogens is 4. The smallest absolute Gasteiger partial charge is 0.329 e. The first kappa shape index (κ1) is 20.2. The van der Waals surface area contributed by atoms with E-state index in [0.717, 1.165) is 6.07 Å². The molecule has 2 aromatic carbocycles. The molecule has 1 saturated carbocycles. The predicted octanol–water partition coefficient (Wildman–Crippen LogP) is 5.02. The summed E-state index contributed by atoms with van der Waals surface area (Å²) in [4.78, 5) is 5.82. The van der Waals surface area contributed by atoms with Gasteiger partial charge >= 0.3 is 6.18 Å². The van der Waals surface area contributed by atoms with Crippen LogP contribution in [0.25, 0.3) is 16.7 Å². The van der Waals surface area contributed by atoms with Gasteiger partial charge in [0.05, 0.1) is 10.9 Å². The molecule has 1 fully saturated rings. The van der Waals surface area contributed by atoms with Gasteiger partial charge in [0.1, 0.15) is 17.6 Å². The molecule has 2 aromatic heterocycles. The average molecular weight is 443 g/mol. The van der Waals surface area contributed by atoms with Gasteiger partial charge in [-0.05, 0) is 43.2 Å². The summed E-state index contributed by atoms with van der Waals surface area (Å²) in [6, 6.07) is 8.85. The first-order valence-corrected chi connectivity index (χ1v) is 9.61.